The van der Waals surface area contributed by atoms with Crippen LogP contribution in [0.4, 0.5) is 0 Å². The van der Waals surface area contributed by atoms with Gasteiger partial charge in [0.25, 0.3) is 0 Å². The molecule has 1 aromatic heterocycles. The Balaban J connectivity index is 1.92. The van der Waals surface area contributed by atoms with Crippen LogP contribution in [-0.4, -0.2) is 35.8 Å². The summed E-state index contributed by atoms with van der Waals surface area (Å²) in [5.74, 6) is -0.337. The second-order valence-electron chi connectivity index (χ2n) is 5.63. The summed E-state index contributed by atoms with van der Waals surface area (Å²) in [7, 11) is 0. The number of aromatic amines is 1. The summed E-state index contributed by atoms with van der Waals surface area (Å²) in [5.41, 5.74) is 13.4. The summed E-state index contributed by atoms with van der Waals surface area (Å²) < 4.78 is 0. The van der Waals surface area contributed by atoms with Gasteiger partial charge in [0, 0.05) is 17.1 Å². The molecule has 0 aliphatic heterocycles. The van der Waals surface area contributed by atoms with Crippen molar-refractivity contribution in [2.45, 2.75) is 37.8 Å². The molecule has 0 aliphatic carbocycles. The van der Waals surface area contributed by atoms with Gasteiger partial charge in [-0.15, -0.1) is 0 Å². The monoisotopic (exact) mass is 315 g/mol. The number of fused-ring (bicyclic) bond motifs is 1. The number of carbonyl (C=O) groups excluding carboxylic acids is 2. The molecule has 1 heterocycles. The van der Waals surface area contributed by atoms with Crippen LogP contribution in [0.1, 0.15) is 24.8 Å². The van der Waals surface area contributed by atoms with E-state index in [0.717, 1.165) is 29.3 Å². The fourth-order valence-electron chi connectivity index (χ4n) is 2.56. The van der Waals surface area contributed by atoms with E-state index in [1.807, 2.05) is 36.7 Å². The van der Waals surface area contributed by atoms with E-state index in [1.54, 1.807) is 0 Å². The third kappa shape index (κ3) is 4.64. The molecule has 0 unspecified atom stereocenters. The molecule has 6 heteroatoms. The van der Waals surface area contributed by atoms with Gasteiger partial charge in [-0.05, 0) is 43.9 Å². The zero-order valence-corrected chi connectivity index (χ0v) is 13.0. The standard InChI is InChI=1S/C17H23N4O2/c18-8-4-3-5-13(11-22)21-17(23)15(19)9-12-10-20-16-7-2-1-6-14(12)16/h1-2,6-7,10,13,15,20H,3-5,8-9,18-19H2,(H,21,23)/t13-,15+/m0/s1. The number of carbonyl (C=O) groups is 1. The Labute approximate surface area is 135 Å². The van der Waals surface area contributed by atoms with Crippen LogP contribution in [0.5, 0.6) is 0 Å². The van der Waals surface area contributed by atoms with E-state index in [9.17, 15) is 9.59 Å². The second kappa shape index (κ2) is 8.45. The lowest BCUT2D eigenvalue weighted by atomic mass is 10.0. The van der Waals surface area contributed by atoms with Gasteiger partial charge in [0.05, 0.1) is 12.1 Å². The summed E-state index contributed by atoms with van der Waals surface area (Å²) in [6, 6.07) is 6.52. The summed E-state index contributed by atoms with van der Waals surface area (Å²) in [4.78, 5) is 26.2. The number of unbranched alkanes of at least 4 members (excludes halogenated alkanes) is 1. The van der Waals surface area contributed by atoms with E-state index in [1.165, 1.54) is 0 Å². The van der Waals surface area contributed by atoms with Gasteiger partial charge < -0.3 is 21.8 Å². The predicted octanol–water partition coefficient (Wildman–Crippen LogP) is 0.761. The summed E-state index contributed by atoms with van der Waals surface area (Å²) in [5, 5.41) is 3.70. The highest BCUT2D eigenvalue weighted by Crippen LogP contribution is 2.18. The van der Waals surface area contributed by atoms with Crippen LogP contribution in [0.2, 0.25) is 0 Å². The van der Waals surface area contributed by atoms with Crippen LogP contribution in [-0.2, 0) is 16.0 Å². The van der Waals surface area contributed by atoms with Crippen molar-refractivity contribution in [2.24, 2.45) is 11.5 Å². The highest BCUT2D eigenvalue weighted by Gasteiger charge is 2.19. The maximum atomic E-state index is 12.2. The smallest absolute Gasteiger partial charge is 0.237 e. The maximum Gasteiger partial charge on any atom is 0.237 e. The minimum atomic E-state index is -0.709. The van der Waals surface area contributed by atoms with Crippen LogP contribution in [0.3, 0.4) is 0 Å². The first kappa shape index (κ1) is 17.2. The number of aromatic nitrogens is 1. The number of rotatable bonds is 9. The van der Waals surface area contributed by atoms with Gasteiger partial charge >= 0.3 is 0 Å². The lowest BCUT2D eigenvalue weighted by molar-refractivity contribution is -0.122. The second-order valence-corrected chi connectivity index (χ2v) is 5.63. The first-order chi connectivity index (χ1) is 11.2. The van der Waals surface area contributed by atoms with E-state index in [4.69, 9.17) is 11.5 Å². The first-order valence-corrected chi connectivity index (χ1v) is 7.84. The van der Waals surface area contributed by atoms with Gasteiger partial charge in [0.2, 0.25) is 12.2 Å². The average molecular weight is 315 g/mol. The fraction of sp³-hybridized carbons (Fsp3) is 0.412. The maximum absolute atomic E-state index is 12.2. The number of nitrogens with two attached hydrogens (primary N) is 2. The zero-order chi connectivity index (χ0) is 16.7. The van der Waals surface area contributed by atoms with Crippen molar-refractivity contribution in [2.75, 3.05) is 6.54 Å². The minimum absolute atomic E-state index is 0.337. The molecule has 23 heavy (non-hydrogen) atoms. The summed E-state index contributed by atoms with van der Waals surface area (Å²) in [6.07, 6.45) is 6.24. The van der Waals surface area contributed by atoms with Crippen LogP contribution >= 0.6 is 0 Å². The lowest BCUT2D eigenvalue weighted by Gasteiger charge is -2.16. The molecule has 0 fully saturated rings. The molecule has 2 atom stereocenters. The zero-order valence-electron chi connectivity index (χ0n) is 13.0. The lowest BCUT2D eigenvalue weighted by Crippen LogP contribution is -2.47. The van der Waals surface area contributed by atoms with E-state index in [-0.39, 0.29) is 5.91 Å². The molecule has 0 spiro atoms. The largest absolute Gasteiger partial charge is 0.361 e. The van der Waals surface area contributed by atoms with Crippen LogP contribution in [0, 0.1) is 0 Å². The Morgan fingerprint density at radius 1 is 1.30 bits per heavy atom. The Bertz CT molecular complexity index is 653. The van der Waals surface area contributed by atoms with Crippen molar-refractivity contribution in [1.29, 1.82) is 0 Å². The van der Waals surface area contributed by atoms with Crippen molar-refractivity contribution >= 4 is 23.1 Å². The van der Waals surface area contributed by atoms with E-state index in [2.05, 4.69) is 10.3 Å². The number of amides is 1. The number of hydrogen-bond acceptors (Lipinski definition) is 4. The highest BCUT2D eigenvalue weighted by atomic mass is 16.2. The molecular weight excluding hydrogens is 292 g/mol. The van der Waals surface area contributed by atoms with Crippen LogP contribution in [0.15, 0.2) is 30.5 Å². The highest BCUT2D eigenvalue weighted by molar-refractivity contribution is 5.87. The molecule has 123 valence electrons. The number of H-pyrrole nitrogens is 1. The Hall–Kier alpha value is -2.18. The number of para-hydroxylation sites is 1. The third-order valence-corrected chi connectivity index (χ3v) is 3.86. The van der Waals surface area contributed by atoms with Crippen molar-refractivity contribution in [3.8, 4) is 0 Å². The quantitative estimate of drug-likeness (QED) is 0.511. The van der Waals surface area contributed by atoms with Gasteiger partial charge in [0.15, 0.2) is 0 Å². The number of hydrogen-bond donors (Lipinski definition) is 4. The van der Waals surface area contributed by atoms with Crippen molar-refractivity contribution in [3.05, 3.63) is 36.0 Å². The van der Waals surface area contributed by atoms with Gasteiger partial charge in [-0.2, -0.15) is 0 Å². The molecule has 2 rings (SSSR count). The summed E-state index contributed by atoms with van der Waals surface area (Å²) >= 11 is 0. The van der Waals surface area contributed by atoms with Gasteiger partial charge in [0.1, 0.15) is 0 Å². The van der Waals surface area contributed by atoms with Crippen LogP contribution < -0.4 is 16.8 Å². The van der Waals surface area contributed by atoms with Gasteiger partial charge in [-0.25, -0.2) is 0 Å². The predicted molar refractivity (Wildman–Crippen MR) is 90.5 cm³/mol. The van der Waals surface area contributed by atoms with Crippen molar-refractivity contribution < 1.29 is 9.59 Å². The Morgan fingerprint density at radius 3 is 2.83 bits per heavy atom. The van der Waals surface area contributed by atoms with E-state index >= 15 is 0 Å². The first-order valence-electron chi connectivity index (χ1n) is 7.84. The molecule has 1 aromatic carbocycles. The Morgan fingerprint density at radius 2 is 2.09 bits per heavy atom. The summed E-state index contributed by atoms with van der Waals surface area (Å²) in [6.45, 7) is 0.569. The average Bonchev–Trinajstić information content (AvgIpc) is 2.97. The molecule has 0 saturated carbocycles. The third-order valence-electron chi connectivity index (χ3n) is 3.86. The molecule has 0 aliphatic rings. The number of benzene rings is 1. The molecule has 0 bridgehead atoms. The van der Waals surface area contributed by atoms with Crippen molar-refractivity contribution in [3.63, 3.8) is 0 Å². The SMILES string of the molecule is NCCCC[C@@H]([C]=O)NC(=O)[C@H](N)Cc1c[nH]c2ccccc12. The molecule has 6 nitrogen and oxygen atoms in total. The minimum Gasteiger partial charge on any atom is -0.361 e. The van der Waals surface area contributed by atoms with Crippen LogP contribution in [0.25, 0.3) is 10.9 Å². The molecule has 1 amide bonds. The Kier molecular flexibility index (Phi) is 6.31. The van der Waals surface area contributed by atoms with E-state index in [0.29, 0.717) is 19.4 Å². The molecule has 2 aromatic rings. The van der Waals surface area contributed by atoms with Gasteiger partial charge in [-0.1, -0.05) is 18.2 Å². The topological polar surface area (TPSA) is 114 Å². The normalized spacial score (nSPS) is 13.7. The number of nitrogens with one attached hydrogen (secondary N) is 2. The van der Waals surface area contributed by atoms with Crippen molar-refractivity contribution in [1.82, 2.24) is 10.3 Å². The molecular formula is C17H23N4O2. The molecule has 1 radical (unpaired) electrons. The fourth-order valence-corrected chi connectivity index (χ4v) is 2.56. The molecule has 6 N–H and O–H groups in total. The van der Waals surface area contributed by atoms with E-state index < -0.39 is 12.1 Å². The van der Waals surface area contributed by atoms with Gasteiger partial charge in [-0.3, -0.25) is 9.59 Å². The molecule has 0 saturated heterocycles.